The predicted octanol–water partition coefficient (Wildman–Crippen LogP) is 5.65. The van der Waals surface area contributed by atoms with Crippen molar-refractivity contribution in [3.8, 4) is 0 Å². The summed E-state index contributed by atoms with van der Waals surface area (Å²) in [5.41, 5.74) is 0. The summed E-state index contributed by atoms with van der Waals surface area (Å²) in [6, 6.07) is 0. The van der Waals surface area contributed by atoms with Crippen LogP contribution in [0.5, 0.6) is 0 Å². The molecule has 0 heterocycles. The number of rotatable bonds is 2. The van der Waals surface area contributed by atoms with Crippen molar-refractivity contribution in [3.63, 3.8) is 0 Å². The summed E-state index contributed by atoms with van der Waals surface area (Å²) in [5, 5.41) is 0. The molecule has 0 bridgehead atoms. The van der Waals surface area contributed by atoms with Crippen molar-refractivity contribution >= 4 is 33.9 Å². The Labute approximate surface area is 128 Å². The van der Waals surface area contributed by atoms with Crippen LogP contribution in [-0.2, 0) is 0 Å². The molecule has 0 fully saturated rings. The van der Waals surface area contributed by atoms with E-state index in [0.29, 0.717) is 0 Å². The summed E-state index contributed by atoms with van der Waals surface area (Å²) in [4.78, 5) is 0. The molecule has 0 amide bonds. The normalized spacial score (nSPS) is 17.4. The van der Waals surface area contributed by atoms with E-state index < -0.39 is 48.1 Å². The minimum atomic E-state index is -9.34. The maximum atomic E-state index is 13.5. The van der Waals surface area contributed by atoms with Crippen LogP contribution in [0.1, 0.15) is 0 Å². The molecule has 0 aliphatic rings. The van der Waals surface area contributed by atoms with E-state index in [1.54, 1.807) is 0 Å². The molecule has 0 spiro atoms. The minimum absolute atomic E-state index is 4.01. The van der Waals surface area contributed by atoms with Gasteiger partial charge in [-0.2, -0.15) is 0 Å². The van der Waals surface area contributed by atoms with Crippen molar-refractivity contribution in [1.29, 1.82) is 0 Å². The van der Waals surface area contributed by atoms with E-state index in [9.17, 15) is 61.5 Å². The molecule has 0 aromatic carbocycles. The molecule has 0 saturated carbocycles. The fourth-order valence-electron chi connectivity index (χ4n) is 1.10. The van der Waals surface area contributed by atoms with Crippen molar-refractivity contribution in [2.75, 3.05) is 0 Å². The number of alkyl halides is 14. The Kier molecular flexibility index (Phi) is 5.80. The number of hydrogen-bond donors (Lipinski definition) is 0. The average Bonchev–Trinajstić information content (AvgIpc) is 2.19. The Balaban J connectivity index is 6.94. The first-order valence-corrected chi connectivity index (χ1v) is 12.6. The van der Waals surface area contributed by atoms with Crippen LogP contribution in [0, 0.1) is 0 Å². The first-order valence-electron chi connectivity index (χ1n) is 4.36. The van der Waals surface area contributed by atoms with Gasteiger partial charge >= 0.3 is 127 Å². The first-order chi connectivity index (χ1) is 9.50. The fourth-order valence-corrected chi connectivity index (χ4v) is 10.2. The zero-order valence-corrected chi connectivity index (χ0v) is 13.3. The molecule has 142 valence electrons. The molecule has 0 N–H and O–H groups in total. The quantitative estimate of drug-likeness (QED) is 0.316. The Morgan fingerprint density at radius 1 is 0.391 bits per heavy atom. The SMILES string of the molecule is FC(F)(F)C(F)(C(F)(F)F)[Te](Cl)(Cl)C(F)(C(F)(F)F)C(F)(F)F. The van der Waals surface area contributed by atoms with Gasteiger partial charge in [0.2, 0.25) is 0 Å². The van der Waals surface area contributed by atoms with Crippen LogP contribution >= 0.6 is 17.9 Å². The van der Waals surface area contributed by atoms with E-state index in [1.807, 2.05) is 0 Å². The predicted molar refractivity (Wildman–Crippen MR) is 49.4 cm³/mol. The third-order valence-electron chi connectivity index (χ3n) is 2.16. The topological polar surface area (TPSA) is 0 Å². The maximum absolute atomic E-state index is 13.5. The van der Waals surface area contributed by atoms with E-state index >= 15 is 0 Å². The van der Waals surface area contributed by atoms with Gasteiger partial charge in [0, 0.05) is 0 Å². The van der Waals surface area contributed by atoms with Crippen LogP contribution in [-0.4, -0.2) is 48.1 Å². The second-order valence-corrected chi connectivity index (χ2v) is 16.8. The molecule has 0 atom stereocenters. The van der Waals surface area contributed by atoms with Crippen LogP contribution in [0.3, 0.4) is 0 Å². The monoisotopic (exact) mass is 538 g/mol. The zero-order chi connectivity index (χ0) is 19.5. The summed E-state index contributed by atoms with van der Waals surface area (Å²) < 4.78 is 160. The van der Waals surface area contributed by atoms with Gasteiger partial charge in [-0.1, -0.05) is 0 Å². The van der Waals surface area contributed by atoms with Gasteiger partial charge in [-0.05, 0) is 0 Å². The van der Waals surface area contributed by atoms with Gasteiger partial charge in [-0.3, -0.25) is 0 Å². The fraction of sp³-hybridized carbons (Fsp3) is 1.00. The van der Waals surface area contributed by atoms with Gasteiger partial charge in [-0.15, -0.1) is 0 Å². The molecular formula is C6Cl2F14Te. The Morgan fingerprint density at radius 3 is 0.609 bits per heavy atom. The van der Waals surface area contributed by atoms with Crippen LogP contribution in [0.4, 0.5) is 61.5 Å². The van der Waals surface area contributed by atoms with Crippen LogP contribution in [0.15, 0.2) is 0 Å². The average molecular weight is 537 g/mol. The van der Waals surface area contributed by atoms with E-state index in [1.165, 1.54) is 0 Å². The van der Waals surface area contributed by atoms with Gasteiger partial charge in [0.1, 0.15) is 0 Å². The van der Waals surface area contributed by atoms with E-state index in [-0.39, 0.29) is 0 Å². The van der Waals surface area contributed by atoms with E-state index in [4.69, 9.17) is 0 Å². The van der Waals surface area contributed by atoms with Gasteiger partial charge < -0.3 is 0 Å². The van der Waals surface area contributed by atoms with Crippen molar-refractivity contribution in [1.82, 2.24) is 0 Å². The van der Waals surface area contributed by atoms with Crippen LogP contribution in [0.25, 0.3) is 0 Å². The Hall–Kier alpha value is 0.390. The molecule has 0 saturated heterocycles. The summed E-state index contributed by atoms with van der Waals surface area (Å²) in [7, 11) is 8.03. The molecule has 0 aromatic heterocycles. The van der Waals surface area contributed by atoms with Crippen molar-refractivity contribution < 1.29 is 61.5 Å². The molecule has 0 radical (unpaired) electrons. The first kappa shape index (κ1) is 23.4. The number of halogens is 16. The third kappa shape index (κ3) is 3.15. The molecule has 23 heavy (non-hydrogen) atoms. The van der Waals surface area contributed by atoms with Gasteiger partial charge in [-0.25, -0.2) is 0 Å². The molecule has 0 aliphatic carbocycles. The number of hydrogen-bond acceptors (Lipinski definition) is 0. The Bertz CT molecular complexity index is 372. The molecular weight excluding hydrogens is 537 g/mol. The van der Waals surface area contributed by atoms with Crippen LogP contribution < -0.4 is 0 Å². The van der Waals surface area contributed by atoms with Gasteiger partial charge in [0.05, 0.1) is 0 Å². The molecule has 17 heteroatoms. The van der Waals surface area contributed by atoms with Crippen molar-refractivity contribution in [3.05, 3.63) is 0 Å². The zero-order valence-electron chi connectivity index (χ0n) is 9.46. The Morgan fingerprint density at radius 2 is 0.522 bits per heavy atom. The van der Waals surface area contributed by atoms with Crippen molar-refractivity contribution in [2.45, 2.75) is 32.1 Å². The van der Waals surface area contributed by atoms with Gasteiger partial charge in [0.25, 0.3) is 0 Å². The third-order valence-corrected chi connectivity index (χ3v) is 14.5. The molecule has 0 aromatic rings. The molecule has 0 unspecified atom stereocenters. The van der Waals surface area contributed by atoms with E-state index in [0.717, 1.165) is 0 Å². The van der Waals surface area contributed by atoms with Crippen LogP contribution in [0.2, 0.25) is 0 Å². The summed E-state index contributed by atoms with van der Waals surface area (Å²) in [5.74, 6) is 0. The summed E-state index contributed by atoms with van der Waals surface area (Å²) in [6.45, 7) is 0. The standard InChI is InChI=1S/C6Cl2F14Te/c7-23(8,1(9,3(11,12)13)4(14,15)16)2(10,5(17,18)19)6(20,21)22. The summed E-state index contributed by atoms with van der Waals surface area (Å²) in [6.07, 6.45) is -30.0. The molecule has 0 aliphatic heterocycles. The second-order valence-electron chi connectivity index (χ2n) is 3.65. The van der Waals surface area contributed by atoms with Gasteiger partial charge in [0.15, 0.2) is 0 Å². The van der Waals surface area contributed by atoms with E-state index in [2.05, 4.69) is 17.9 Å². The summed E-state index contributed by atoms with van der Waals surface area (Å²) >= 11 is -9.34. The molecule has 0 nitrogen and oxygen atoms in total. The van der Waals surface area contributed by atoms with Crippen molar-refractivity contribution in [2.24, 2.45) is 0 Å². The molecule has 0 rings (SSSR count). The second kappa shape index (κ2) is 5.70.